The van der Waals surface area contributed by atoms with Gasteiger partial charge in [-0.3, -0.25) is 4.79 Å². The summed E-state index contributed by atoms with van der Waals surface area (Å²) in [5.41, 5.74) is 8.49. The van der Waals surface area contributed by atoms with E-state index in [9.17, 15) is 9.59 Å². The van der Waals surface area contributed by atoms with Crippen molar-refractivity contribution < 1.29 is 14.3 Å². The zero-order chi connectivity index (χ0) is 20.8. The Morgan fingerprint density at radius 2 is 1.93 bits per heavy atom. The normalized spacial score (nSPS) is 16.3. The maximum absolute atomic E-state index is 12.8. The number of carbonyl (C=O) groups excluding carboxylic acids is 2. The van der Waals surface area contributed by atoms with Gasteiger partial charge in [-0.25, -0.2) is 4.79 Å². The lowest BCUT2D eigenvalue weighted by Gasteiger charge is -2.27. The van der Waals surface area contributed by atoms with Gasteiger partial charge in [-0.05, 0) is 36.3 Å². The molecule has 0 saturated carbocycles. The molecule has 1 aliphatic heterocycles. The summed E-state index contributed by atoms with van der Waals surface area (Å²) >= 11 is 6.12. The van der Waals surface area contributed by atoms with Crippen LogP contribution in [0.15, 0.2) is 83.7 Å². The summed E-state index contributed by atoms with van der Waals surface area (Å²) in [6, 6.07) is 16.7. The Hall–Kier alpha value is -3.31. The maximum atomic E-state index is 12.8. The van der Waals surface area contributed by atoms with Gasteiger partial charge >= 0.3 is 5.97 Å². The lowest BCUT2D eigenvalue weighted by Crippen LogP contribution is -2.31. The highest BCUT2D eigenvalue weighted by atomic mass is 35.5. The van der Waals surface area contributed by atoms with Gasteiger partial charge in [0.1, 0.15) is 6.61 Å². The Labute approximate surface area is 174 Å². The van der Waals surface area contributed by atoms with Crippen molar-refractivity contribution in [2.75, 3.05) is 6.61 Å². The van der Waals surface area contributed by atoms with Crippen LogP contribution in [0.3, 0.4) is 0 Å². The molecular formula is C23H21ClN2O3. The van der Waals surface area contributed by atoms with Crippen molar-refractivity contribution in [3.63, 3.8) is 0 Å². The second kappa shape index (κ2) is 9.26. The van der Waals surface area contributed by atoms with Crippen LogP contribution in [0.5, 0.6) is 0 Å². The SMILES string of the molecule is CC1=C(C(N)=O)C(c2cccc(Cl)c2)C(C(=O)OC/C=C/c2ccccc2)=CN1. The second-order valence-corrected chi connectivity index (χ2v) is 6.98. The number of halogens is 1. The van der Waals surface area contributed by atoms with Crippen molar-refractivity contribution >= 4 is 29.6 Å². The van der Waals surface area contributed by atoms with E-state index in [-0.39, 0.29) is 6.61 Å². The van der Waals surface area contributed by atoms with E-state index in [1.807, 2.05) is 36.4 Å². The topological polar surface area (TPSA) is 81.4 Å². The predicted octanol–water partition coefficient (Wildman–Crippen LogP) is 3.93. The van der Waals surface area contributed by atoms with Crippen LogP contribution in [0.4, 0.5) is 0 Å². The monoisotopic (exact) mass is 408 g/mol. The summed E-state index contributed by atoms with van der Waals surface area (Å²) < 4.78 is 5.41. The molecule has 1 aliphatic rings. The van der Waals surface area contributed by atoms with Crippen molar-refractivity contribution in [2.24, 2.45) is 5.73 Å². The number of ether oxygens (including phenoxy) is 1. The fourth-order valence-electron chi connectivity index (χ4n) is 3.21. The number of rotatable bonds is 6. The van der Waals surface area contributed by atoms with Gasteiger partial charge in [0.25, 0.3) is 0 Å². The quantitative estimate of drug-likeness (QED) is 0.709. The number of carbonyl (C=O) groups is 2. The Bertz CT molecular complexity index is 1010. The summed E-state index contributed by atoms with van der Waals surface area (Å²) in [5, 5.41) is 3.44. The number of benzene rings is 2. The minimum absolute atomic E-state index is 0.0991. The van der Waals surface area contributed by atoms with Crippen LogP contribution in [0.25, 0.3) is 6.08 Å². The van der Waals surface area contributed by atoms with E-state index in [1.54, 1.807) is 43.5 Å². The molecule has 5 nitrogen and oxygen atoms in total. The average molecular weight is 409 g/mol. The summed E-state index contributed by atoms with van der Waals surface area (Å²) in [5.74, 6) is -1.80. The first-order chi connectivity index (χ1) is 14.0. The first kappa shape index (κ1) is 20.4. The molecule has 29 heavy (non-hydrogen) atoms. The summed E-state index contributed by atoms with van der Waals surface area (Å²) in [7, 11) is 0. The minimum atomic E-state index is -0.655. The lowest BCUT2D eigenvalue weighted by molar-refractivity contribution is -0.138. The molecule has 2 aromatic carbocycles. The summed E-state index contributed by atoms with van der Waals surface area (Å²) in [4.78, 5) is 24.9. The Morgan fingerprint density at radius 3 is 2.62 bits per heavy atom. The van der Waals surface area contributed by atoms with E-state index in [0.717, 1.165) is 5.56 Å². The van der Waals surface area contributed by atoms with Crippen LogP contribution in [0, 0.1) is 0 Å². The van der Waals surface area contributed by atoms with E-state index in [4.69, 9.17) is 22.1 Å². The Balaban J connectivity index is 1.81. The molecule has 0 aromatic heterocycles. The van der Waals surface area contributed by atoms with E-state index in [0.29, 0.717) is 27.4 Å². The molecule has 3 N–H and O–H groups in total. The number of hydrogen-bond acceptors (Lipinski definition) is 4. The molecule has 0 fully saturated rings. The van der Waals surface area contributed by atoms with Crippen LogP contribution < -0.4 is 11.1 Å². The first-order valence-corrected chi connectivity index (χ1v) is 9.46. The standard InChI is InChI=1S/C23H21ClN2O3/c1-15-20(22(25)27)21(17-10-5-11-18(24)13-17)19(14-26-15)23(28)29-12-6-9-16-7-3-2-4-8-16/h2-11,13-14,21,26H,12H2,1H3,(H2,25,27)/b9-6+. The Kier molecular flexibility index (Phi) is 6.52. The molecule has 2 aromatic rings. The van der Waals surface area contributed by atoms with Gasteiger partial charge in [-0.1, -0.05) is 60.1 Å². The first-order valence-electron chi connectivity index (χ1n) is 9.08. The summed E-state index contributed by atoms with van der Waals surface area (Å²) in [6.07, 6.45) is 5.18. The largest absolute Gasteiger partial charge is 0.458 e. The van der Waals surface area contributed by atoms with Gasteiger partial charge in [-0.2, -0.15) is 0 Å². The zero-order valence-corrected chi connectivity index (χ0v) is 16.6. The molecule has 0 radical (unpaired) electrons. The van der Waals surface area contributed by atoms with Gasteiger partial charge in [-0.15, -0.1) is 0 Å². The van der Waals surface area contributed by atoms with Crippen molar-refractivity contribution in [2.45, 2.75) is 12.8 Å². The molecule has 6 heteroatoms. The number of hydrogen-bond donors (Lipinski definition) is 2. The number of dihydropyridines is 1. The molecule has 0 aliphatic carbocycles. The van der Waals surface area contributed by atoms with E-state index >= 15 is 0 Å². The third-order valence-electron chi connectivity index (χ3n) is 4.55. The maximum Gasteiger partial charge on any atom is 0.336 e. The molecule has 0 spiro atoms. The van der Waals surface area contributed by atoms with Crippen molar-refractivity contribution in [1.82, 2.24) is 5.32 Å². The van der Waals surface area contributed by atoms with Crippen LogP contribution >= 0.6 is 11.6 Å². The highest BCUT2D eigenvalue weighted by molar-refractivity contribution is 6.30. The predicted molar refractivity (Wildman–Crippen MR) is 114 cm³/mol. The fraction of sp³-hybridized carbons (Fsp3) is 0.130. The van der Waals surface area contributed by atoms with E-state index in [1.165, 1.54) is 0 Å². The smallest absolute Gasteiger partial charge is 0.336 e. The van der Waals surface area contributed by atoms with Crippen molar-refractivity contribution in [1.29, 1.82) is 0 Å². The van der Waals surface area contributed by atoms with Gasteiger partial charge < -0.3 is 15.8 Å². The third-order valence-corrected chi connectivity index (χ3v) is 4.79. The summed E-state index contributed by atoms with van der Waals surface area (Å²) in [6.45, 7) is 1.83. The fourth-order valence-corrected chi connectivity index (χ4v) is 3.41. The Morgan fingerprint density at radius 1 is 1.17 bits per heavy atom. The highest BCUT2D eigenvalue weighted by Crippen LogP contribution is 2.37. The third kappa shape index (κ3) is 4.95. The van der Waals surface area contributed by atoms with Gasteiger partial charge in [0.15, 0.2) is 0 Å². The van der Waals surface area contributed by atoms with Gasteiger partial charge in [0, 0.05) is 28.4 Å². The van der Waals surface area contributed by atoms with Crippen LogP contribution in [-0.4, -0.2) is 18.5 Å². The van der Waals surface area contributed by atoms with Gasteiger partial charge in [0.05, 0.1) is 5.57 Å². The lowest BCUT2D eigenvalue weighted by atomic mass is 9.82. The van der Waals surface area contributed by atoms with Crippen molar-refractivity contribution in [3.8, 4) is 0 Å². The number of amides is 1. The average Bonchev–Trinajstić information content (AvgIpc) is 2.71. The number of nitrogens with one attached hydrogen (secondary N) is 1. The molecule has 148 valence electrons. The second-order valence-electron chi connectivity index (χ2n) is 6.55. The van der Waals surface area contributed by atoms with Crippen molar-refractivity contribution in [3.05, 3.63) is 99.9 Å². The van der Waals surface area contributed by atoms with Gasteiger partial charge in [0.2, 0.25) is 5.91 Å². The molecule has 1 heterocycles. The molecule has 0 saturated heterocycles. The number of nitrogens with two attached hydrogens (primary N) is 1. The minimum Gasteiger partial charge on any atom is -0.458 e. The number of esters is 1. The molecule has 0 bridgehead atoms. The van der Waals surface area contributed by atoms with E-state index in [2.05, 4.69) is 5.32 Å². The van der Waals surface area contributed by atoms with Crippen LogP contribution in [-0.2, 0) is 14.3 Å². The molecule has 1 amide bonds. The zero-order valence-electron chi connectivity index (χ0n) is 15.9. The van der Waals surface area contributed by atoms with Crippen LogP contribution in [0.1, 0.15) is 24.0 Å². The molecular weight excluding hydrogens is 388 g/mol. The number of primary amides is 1. The molecule has 3 rings (SSSR count). The van der Waals surface area contributed by atoms with Crippen LogP contribution in [0.2, 0.25) is 5.02 Å². The van der Waals surface area contributed by atoms with E-state index < -0.39 is 17.8 Å². The highest BCUT2D eigenvalue weighted by Gasteiger charge is 2.34. The molecule has 1 unspecified atom stereocenters. The molecule has 1 atom stereocenters. The number of allylic oxidation sites excluding steroid dienone is 1.